The van der Waals surface area contributed by atoms with Crippen LogP contribution in [0.2, 0.25) is 0 Å². The van der Waals surface area contributed by atoms with Crippen LogP contribution in [-0.4, -0.2) is 66.4 Å². The number of carbonyl (C=O) groups excluding carboxylic acids is 2. The van der Waals surface area contributed by atoms with Gasteiger partial charge in [-0.25, -0.2) is 14.6 Å². The van der Waals surface area contributed by atoms with Crippen molar-refractivity contribution in [3.63, 3.8) is 0 Å². The quantitative estimate of drug-likeness (QED) is 0.0420. The molecule has 11 nitrogen and oxygen atoms in total. The molecule has 4 aromatic carbocycles. The maximum Gasteiger partial charge on any atom is 0.343 e. The van der Waals surface area contributed by atoms with Gasteiger partial charge in [0.15, 0.2) is 0 Å². The van der Waals surface area contributed by atoms with Gasteiger partial charge < -0.3 is 28.4 Å². The van der Waals surface area contributed by atoms with Gasteiger partial charge in [-0.1, -0.05) is 36.5 Å². The molecule has 5 aromatic rings. The predicted molar refractivity (Wildman–Crippen MR) is 228 cm³/mol. The highest BCUT2D eigenvalue weighted by Gasteiger charge is 2.38. The van der Waals surface area contributed by atoms with Gasteiger partial charge in [-0.3, -0.25) is 5.43 Å². The maximum absolute atomic E-state index is 13.2. The van der Waals surface area contributed by atoms with Crippen molar-refractivity contribution in [2.45, 2.75) is 85.0 Å². The zero-order chi connectivity index (χ0) is 41.6. The molecule has 0 radical (unpaired) electrons. The Morgan fingerprint density at radius 2 is 1.50 bits per heavy atom. The summed E-state index contributed by atoms with van der Waals surface area (Å²) < 4.78 is 36.4. The van der Waals surface area contributed by atoms with Gasteiger partial charge in [0.05, 0.1) is 59.6 Å². The van der Waals surface area contributed by atoms with E-state index in [4.69, 9.17) is 28.4 Å². The zero-order valence-electron chi connectivity index (χ0n) is 34.5. The third kappa shape index (κ3) is 12.1. The van der Waals surface area contributed by atoms with Crippen LogP contribution in [0.15, 0.2) is 96.1 Å². The molecule has 1 fully saturated rings. The molecule has 1 aliphatic rings. The van der Waals surface area contributed by atoms with Crippen molar-refractivity contribution in [3.8, 4) is 17.2 Å². The van der Waals surface area contributed by atoms with Gasteiger partial charge in [-0.05, 0) is 127 Å². The SMILES string of the molecule is CC1(COC(C)(C)CC(C)(C)Oc2ccc(C(=O)OCCc3ccc(OC(=O)c4ccc(OC(C)(C)C)cc4)c(/C=N/Nc4nc5ccccc5s4)c3)cc2)COC1. The molecule has 0 amide bonds. The number of fused-ring (bicyclic) bond motifs is 1. The number of aromatic nitrogens is 1. The number of anilines is 1. The van der Waals surface area contributed by atoms with Crippen LogP contribution >= 0.6 is 11.3 Å². The Morgan fingerprint density at radius 1 is 0.845 bits per heavy atom. The molecule has 1 N–H and O–H groups in total. The summed E-state index contributed by atoms with van der Waals surface area (Å²) in [7, 11) is 0. The average Bonchev–Trinajstić information content (AvgIpc) is 3.56. The molecule has 0 atom stereocenters. The van der Waals surface area contributed by atoms with Crippen molar-refractivity contribution < 1.29 is 38.0 Å². The smallest absolute Gasteiger partial charge is 0.343 e. The highest BCUT2D eigenvalue weighted by Crippen LogP contribution is 2.33. The van der Waals surface area contributed by atoms with Gasteiger partial charge in [0.2, 0.25) is 5.13 Å². The molecule has 1 saturated heterocycles. The van der Waals surface area contributed by atoms with E-state index in [-0.39, 0.29) is 17.6 Å². The largest absolute Gasteiger partial charge is 0.488 e. The number of nitrogens with zero attached hydrogens (tertiary/aromatic N) is 2. The molecule has 1 aliphatic heterocycles. The topological polar surface area (TPSA) is 127 Å². The van der Waals surface area contributed by atoms with Crippen LogP contribution < -0.4 is 19.6 Å². The van der Waals surface area contributed by atoms with Crippen molar-refractivity contribution in [1.82, 2.24) is 4.98 Å². The van der Waals surface area contributed by atoms with Crippen LogP contribution in [0, 0.1) is 5.41 Å². The first-order valence-corrected chi connectivity index (χ1v) is 20.2. The molecule has 1 aromatic heterocycles. The lowest BCUT2D eigenvalue weighted by Gasteiger charge is -2.42. The Kier molecular flexibility index (Phi) is 12.9. The molecule has 0 spiro atoms. The Bertz CT molecular complexity index is 2190. The van der Waals surface area contributed by atoms with Crippen LogP contribution in [0.5, 0.6) is 17.2 Å². The fourth-order valence-corrected chi connectivity index (χ4v) is 7.35. The van der Waals surface area contributed by atoms with E-state index in [2.05, 4.69) is 36.3 Å². The van der Waals surface area contributed by atoms with Gasteiger partial charge in [0, 0.05) is 23.8 Å². The standard InChI is InChI=1S/C46H53N3O8S/c1-43(2,3)56-35-18-16-33(17-19-35)41(51)55-38-22-13-31(25-34(38)26-47-49-42-48-37-11-9-10-12-39(37)58-42)23-24-53-40(50)32-14-20-36(21-15-32)57-45(6,7)27-44(4,5)54-30-46(8)28-52-29-46/h9-22,25-26H,23-24,27-30H2,1-8H3,(H,48,49)/b47-26+. The summed E-state index contributed by atoms with van der Waals surface area (Å²) >= 11 is 1.48. The molecule has 0 aliphatic carbocycles. The average molecular weight is 808 g/mol. The third-order valence-electron chi connectivity index (χ3n) is 9.12. The fraction of sp³-hybridized carbons (Fsp3) is 0.391. The van der Waals surface area contributed by atoms with Gasteiger partial charge >= 0.3 is 11.9 Å². The second-order valence-electron chi connectivity index (χ2n) is 17.2. The van der Waals surface area contributed by atoms with Crippen molar-refractivity contribution in [1.29, 1.82) is 0 Å². The zero-order valence-corrected chi connectivity index (χ0v) is 35.4. The summed E-state index contributed by atoms with van der Waals surface area (Å²) in [6.07, 6.45) is 2.66. The third-order valence-corrected chi connectivity index (χ3v) is 10.1. The van der Waals surface area contributed by atoms with E-state index in [1.54, 1.807) is 60.8 Å². The van der Waals surface area contributed by atoms with Crippen LogP contribution in [0.1, 0.15) is 93.7 Å². The molecular formula is C46H53N3O8S. The van der Waals surface area contributed by atoms with Gasteiger partial charge in [-0.2, -0.15) is 5.10 Å². The highest BCUT2D eigenvalue weighted by molar-refractivity contribution is 7.22. The Labute approximate surface area is 344 Å². The number of rotatable bonds is 17. The number of benzene rings is 4. The summed E-state index contributed by atoms with van der Waals surface area (Å²) in [5.74, 6) is 0.645. The molecule has 2 heterocycles. The Morgan fingerprint density at radius 3 is 2.14 bits per heavy atom. The number of ether oxygens (including phenoxy) is 6. The lowest BCUT2D eigenvalue weighted by atomic mass is 9.88. The van der Waals surface area contributed by atoms with E-state index in [1.807, 2.05) is 71.0 Å². The molecule has 58 heavy (non-hydrogen) atoms. The normalized spacial score (nSPS) is 14.2. The minimum atomic E-state index is -0.528. The van der Waals surface area contributed by atoms with E-state index in [0.717, 1.165) is 29.0 Å². The molecule has 306 valence electrons. The number of thiazole rings is 1. The number of carbonyl (C=O) groups is 2. The van der Waals surface area contributed by atoms with Gasteiger partial charge in [0.1, 0.15) is 28.5 Å². The van der Waals surface area contributed by atoms with Crippen LogP contribution in [0.3, 0.4) is 0 Å². The minimum absolute atomic E-state index is 0.0686. The first kappa shape index (κ1) is 42.3. The summed E-state index contributed by atoms with van der Waals surface area (Å²) in [4.78, 5) is 30.8. The van der Waals surface area contributed by atoms with E-state index < -0.39 is 23.1 Å². The molecule has 6 rings (SSSR count). The summed E-state index contributed by atoms with van der Waals surface area (Å²) in [5.41, 5.74) is 4.84. The first-order valence-electron chi connectivity index (χ1n) is 19.4. The lowest BCUT2D eigenvalue weighted by Crippen LogP contribution is -2.47. The number of hydrogen-bond donors (Lipinski definition) is 1. The lowest BCUT2D eigenvalue weighted by molar-refractivity contribution is -0.171. The van der Waals surface area contributed by atoms with Crippen molar-refractivity contribution in [2.75, 3.05) is 31.9 Å². The minimum Gasteiger partial charge on any atom is -0.488 e. The predicted octanol–water partition coefficient (Wildman–Crippen LogP) is 9.92. The van der Waals surface area contributed by atoms with Crippen molar-refractivity contribution in [2.24, 2.45) is 10.5 Å². The first-order chi connectivity index (χ1) is 27.4. The number of para-hydroxylation sites is 1. The molecule has 0 saturated carbocycles. The molecule has 0 unspecified atom stereocenters. The van der Waals surface area contributed by atoms with E-state index in [1.165, 1.54) is 11.3 Å². The maximum atomic E-state index is 13.2. The Hall–Kier alpha value is -5.30. The number of esters is 2. The second kappa shape index (κ2) is 17.7. The summed E-state index contributed by atoms with van der Waals surface area (Å²) in [5, 5.41) is 5.03. The molecule has 0 bridgehead atoms. The van der Waals surface area contributed by atoms with Gasteiger partial charge in [-0.15, -0.1) is 0 Å². The molecule has 12 heteroatoms. The fourth-order valence-electron chi connectivity index (χ4n) is 6.53. The number of hydrazone groups is 1. The number of nitrogens with one attached hydrogen (secondary N) is 1. The monoisotopic (exact) mass is 807 g/mol. The van der Waals surface area contributed by atoms with Gasteiger partial charge in [0.25, 0.3) is 0 Å². The van der Waals surface area contributed by atoms with E-state index in [0.29, 0.717) is 58.5 Å². The molecular weight excluding hydrogens is 755 g/mol. The van der Waals surface area contributed by atoms with E-state index >= 15 is 0 Å². The van der Waals surface area contributed by atoms with Crippen LogP contribution in [-0.2, 0) is 20.6 Å². The second-order valence-corrected chi connectivity index (χ2v) is 18.2. The van der Waals surface area contributed by atoms with Crippen LogP contribution in [0.4, 0.5) is 5.13 Å². The van der Waals surface area contributed by atoms with Crippen molar-refractivity contribution in [3.05, 3.63) is 113 Å². The number of hydrogen-bond acceptors (Lipinski definition) is 12. The van der Waals surface area contributed by atoms with Crippen molar-refractivity contribution >= 4 is 44.8 Å². The summed E-state index contributed by atoms with van der Waals surface area (Å²) in [6, 6.07) is 27.0. The Balaban J connectivity index is 1.06. The highest BCUT2D eigenvalue weighted by atomic mass is 32.1. The van der Waals surface area contributed by atoms with Crippen LogP contribution in [0.25, 0.3) is 10.2 Å². The summed E-state index contributed by atoms with van der Waals surface area (Å²) in [6.45, 7) is 18.5. The van der Waals surface area contributed by atoms with E-state index in [9.17, 15) is 9.59 Å².